The summed E-state index contributed by atoms with van der Waals surface area (Å²) in [6.07, 6.45) is 0. The van der Waals surface area contributed by atoms with Gasteiger partial charge in [0, 0.05) is 11.0 Å². The van der Waals surface area contributed by atoms with Crippen LogP contribution in [-0.2, 0) is 0 Å². The molecule has 0 spiro atoms. The van der Waals surface area contributed by atoms with Crippen molar-refractivity contribution in [2.75, 3.05) is 11.0 Å². The van der Waals surface area contributed by atoms with Crippen molar-refractivity contribution in [2.45, 2.75) is 0 Å². The summed E-state index contributed by atoms with van der Waals surface area (Å²) in [7, 11) is -1.96. The van der Waals surface area contributed by atoms with Gasteiger partial charge in [-0.05, 0) is 0 Å². The molecule has 2 aromatic rings. The Kier molecular flexibility index (Phi) is 4.27. The summed E-state index contributed by atoms with van der Waals surface area (Å²) < 4.78 is 0. The van der Waals surface area contributed by atoms with E-state index < -0.39 is 8.07 Å². The van der Waals surface area contributed by atoms with Gasteiger partial charge in [-0.3, -0.25) is 0 Å². The minimum Gasteiger partial charge on any atom is -0.129 e. The van der Waals surface area contributed by atoms with Gasteiger partial charge in [0.15, 0.2) is 0 Å². The Morgan fingerprint density at radius 1 is 0.647 bits per heavy atom. The Morgan fingerprint density at radius 2 is 1.00 bits per heavy atom. The van der Waals surface area contributed by atoms with Crippen LogP contribution in [0.5, 0.6) is 0 Å². The predicted octanol–water partition coefficient (Wildman–Crippen LogP) is 2.81. The molecule has 0 atom stereocenters. The third-order valence-electron chi connectivity index (χ3n) is 3.11. The maximum atomic E-state index is 6.27. The van der Waals surface area contributed by atoms with Crippen LogP contribution in [-0.4, -0.2) is 19.1 Å². The average Bonchev–Trinajstić information content (AvgIpc) is 2.43. The fraction of sp³-hybridized carbons (Fsp3) is 0.143. The second kappa shape index (κ2) is 5.72. The molecular weight excluding hydrogens is 267 g/mol. The van der Waals surface area contributed by atoms with E-state index in [-0.39, 0.29) is 0 Å². The fourth-order valence-corrected chi connectivity index (χ4v) is 7.42. The lowest BCUT2D eigenvalue weighted by molar-refractivity contribution is 1.64. The van der Waals surface area contributed by atoms with E-state index in [0.29, 0.717) is 11.0 Å². The molecule has 17 heavy (non-hydrogen) atoms. The van der Waals surface area contributed by atoms with Crippen molar-refractivity contribution in [1.29, 1.82) is 0 Å². The van der Waals surface area contributed by atoms with Gasteiger partial charge in [0.25, 0.3) is 0 Å². The summed E-state index contributed by atoms with van der Waals surface area (Å²) >= 11 is 12.5. The van der Waals surface area contributed by atoms with Crippen LogP contribution in [0.15, 0.2) is 60.7 Å². The Labute approximate surface area is 113 Å². The summed E-state index contributed by atoms with van der Waals surface area (Å²) in [6, 6.07) is 20.8. The van der Waals surface area contributed by atoms with Gasteiger partial charge in [0.1, 0.15) is 8.07 Å². The number of benzene rings is 2. The van der Waals surface area contributed by atoms with Crippen LogP contribution in [0.25, 0.3) is 0 Å². The molecule has 0 unspecified atom stereocenters. The van der Waals surface area contributed by atoms with Crippen molar-refractivity contribution < 1.29 is 0 Å². The van der Waals surface area contributed by atoms with Crippen LogP contribution < -0.4 is 10.4 Å². The topological polar surface area (TPSA) is 0 Å². The van der Waals surface area contributed by atoms with Crippen molar-refractivity contribution in [3.05, 3.63) is 60.7 Å². The summed E-state index contributed by atoms with van der Waals surface area (Å²) in [5.74, 6) is 0. The first-order chi connectivity index (χ1) is 8.33. The fourth-order valence-electron chi connectivity index (χ4n) is 2.03. The number of hydrogen-bond acceptors (Lipinski definition) is 0. The molecule has 0 aliphatic rings. The van der Waals surface area contributed by atoms with Crippen LogP contribution >= 0.6 is 23.2 Å². The van der Waals surface area contributed by atoms with Gasteiger partial charge in [-0.2, -0.15) is 0 Å². The molecule has 0 heterocycles. The molecule has 3 heteroatoms. The molecule has 0 saturated carbocycles. The SMILES string of the molecule is ClC[Si](CCl)(c1ccccc1)c1ccccc1. The maximum Gasteiger partial charge on any atom is 0.146 e. The molecular formula is C14H14Cl2Si. The molecule has 0 bridgehead atoms. The van der Waals surface area contributed by atoms with Crippen LogP contribution in [0, 0.1) is 0 Å². The highest BCUT2D eigenvalue weighted by molar-refractivity contribution is 7.08. The highest BCUT2D eigenvalue weighted by Crippen LogP contribution is 2.10. The maximum absolute atomic E-state index is 6.27. The van der Waals surface area contributed by atoms with Crippen LogP contribution in [0.3, 0.4) is 0 Å². The lowest BCUT2D eigenvalue weighted by Crippen LogP contribution is -2.62. The van der Waals surface area contributed by atoms with E-state index >= 15 is 0 Å². The summed E-state index contributed by atoms with van der Waals surface area (Å²) in [5, 5.41) is 2.60. The van der Waals surface area contributed by atoms with Crippen molar-refractivity contribution in [2.24, 2.45) is 0 Å². The number of alkyl halides is 2. The first-order valence-corrected chi connectivity index (χ1v) is 9.05. The molecule has 0 aliphatic carbocycles. The molecule has 0 N–H and O–H groups in total. The Bertz CT molecular complexity index is 411. The minimum atomic E-state index is -1.96. The molecule has 88 valence electrons. The molecule has 0 aliphatic heterocycles. The predicted molar refractivity (Wildman–Crippen MR) is 79.3 cm³/mol. The number of rotatable bonds is 4. The van der Waals surface area contributed by atoms with E-state index in [1.807, 2.05) is 12.1 Å². The van der Waals surface area contributed by atoms with E-state index in [2.05, 4.69) is 48.5 Å². The molecule has 0 aromatic heterocycles. The molecule has 0 saturated heterocycles. The van der Waals surface area contributed by atoms with Gasteiger partial charge in [-0.25, -0.2) is 0 Å². The lowest BCUT2D eigenvalue weighted by atomic mass is 10.4. The smallest absolute Gasteiger partial charge is 0.129 e. The first-order valence-electron chi connectivity index (χ1n) is 5.56. The Balaban J connectivity index is 2.54. The zero-order chi connectivity index (χ0) is 12.1. The standard InChI is InChI=1S/C14H14Cl2Si/c15-11-17(12-16,13-7-3-1-4-8-13)14-9-5-2-6-10-14/h1-10H,11-12H2. The van der Waals surface area contributed by atoms with Crippen LogP contribution in [0.4, 0.5) is 0 Å². The van der Waals surface area contributed by atoms with E-state index in [4.69, 9.17) is 23.2 Å². The largest absolute Gasteiger partial charge is 0.146 e. The van der Waals surface area contributed by atoms with E-state index in [1.54, 1.807) is 0 Å². The van der Waals surface area contributed by atoms with E-state index in [1.165, 1.54) is 10.4 Å². The van der Waals surface area contributed by atoms with Crippen molar-refractivity contribution in [3.8, 4) is 0 Å². The quantitative estimate of drug-likeness (QED) is 0.597. The molecule has 2 rings (SSSR count). The third-order valence-corrected chi connectivity index (χ3v) is 9.64. The van der Waals surface area contributed by atoms with Crippen molar-refractivity contribution in [3.63, 3.8) is 0 Å². The Hall–Kier alpha value is -0.763. The summed E-state index contributed by atoms with van der Waals surface area (Å²) in [4.78, 5) is 0. The first kappa shape index (κ1) is 12.7. The zero-order valence-corrected chi connectivity index (χ0v) is 12.0. The lowest BCUT2D eigenvalue weighted by Gasteiger charge is -2.28. The van der Waals surface area contributed by atoms with Crippen LogP contribution in [0.2, 0.25) is 0 Å². The van der Waals surface area contributed by atoms with Crippen LogP contribution in [0.1, 0.15) is 0 Å². The molecule has 0 amide bonds. The normalized spacial score (nSPS) is 11.4. The molecule has 0 fully saturated rings. The third kappa shape index (κ3) is 2.42. The van der Waals surface area contributed by atoms with Gasteiger partial charge in [-0.15, -0.1) is 23.2 Å². The summed E-state index contributed by atoms with van der Waals surface area (Å²) in [5.41, 5.74) is 1.23. The minimum absolute atomic E-state index is 0.616. The van der Waals surface area contributed by atoms with E-state index in [0.717, 1.165) is 0 Å². The van der Waals surface area contributed by atoms with Crippen molar-refractivity contribution in [1.82, 2.24) is 0 Å². The van der Waals surface area contributed by atoms with Gasteiger partial charge in [-0.1, -0.05) is 71.0 Å². The van der Waals surface area contributed by atoms with Gasteiger partial charge < -0.3 is 0 Å². The second-order valence-electron chi connectivity index (χ2n) is 4.08. The van der Waals surface area contributed by atoms with Crippen molar-refractivity contribution >= 4 is 41.6 Å². The zero-order valence-electron chi connectivity index (χ0n) is 9.44. The highest BCUT2D eigenvalue weighted by Gasteiger charge is 2.35. The molecule has 0 nitrogen and oxygen atoms in total. The molecule has 0 radical (unpaired) electrons. The highest BCUT2D eigenvalue weighted by atomic mass is 35.5. The van der Waals surface area contributed by atoms with Gasteiger partial charge in [0.2, 0.25) is 0 Å². The Morgan fingerprint density at radius 3 is 1.29 bits per heavy atom. The second-order valence-corrected chi connectivity index (χ2v) is 9.54. The number of hydrogen-bond donors (Lipinski definition) is 0. The monoisotopic (exact) mass is 280 g/mol. The van der Waals surface area contributed by atoms with E-state index in [9.17, 15) is 0 Å². The number of halogens is 2. The van der Waals surface area contributed by atoms with Gasteiger partial charge >= 0.3 is 0 Å². The molecule has 2 aromatic carbocycles. The van der Waals surface area contributed by atoms with Gasteiger partial charge in [0.05, 0.1) is 0 Å². The summed E-state index contributed by atoms with van der Waals surface area (Å²) in [6.45, 7) is 0. The average molecular weight is 281 g/mol.